The molecule has 0 radical (unpaired) electrons. The van der Waals surface area contributed by atoms with E-state index in [0.29, 0.717) is 12.7 Å². The number of hydrogen-bond donors (Lipinski definition) is 0. The van der Waals surface area contributed by atoms with Crippen LogP contribution in [0.25, 0.3) is 0 Å². The zero-order chi connectivity index (χ0) is 14.4. The zero-order valence-electron chi connectivity index (χ0n) is 13.7. The Hall–Kier alpha value is -0.300. The van der Waals surface area contributed by atoms with Gasteiger partial charge in [-0.05, 0) is 69.1 Å². The predicted octanol–water partition coefficient (Wildman–Crippen LogP) is 5.60. The summed E-state index contributed by atoms with van der Waals surface area (Å²) in [6.07, 6.45) is 15.4. The molecule has 0 amide bonds. The van der Waals surface area contributed by atoms with E-state index in [1.807, 2.05) is 6.08 Å². The van der Waals surface area contributed by atoms with Crippen molar-refractivity contribution in [2.45, 2.75) is 77.7 Å². The lowest BCUT2D eigenvalue weighted by Crippen LogP contribution is -2.30. The summed E-state index contributed by atoms with van der Waals surface area (Å²) in [6, 6.07) is 0. The maximum absolute atomic E-state index is 5.82. The van der Waals surface area contributed by atoms with Gasteiger partial charge in [0.2, 0.25) is 0 Å². The van der Waals surface area contributed by atoms with Crippen LogP contribution in [0.3, 0.4) is 0 Å². The molecule has 0 bridgehead atoms. The van der Waals surface area contributed by atoms with Crippen LogP contribution < -0.4 is 0 Å². The second kappa shape index (κ2) is 8.22. The molecule has 1 nitrogen and oxygen atoms in total. The zero-order valence-corrected chi connectivity index (χ0v) is 13.7. The van der Waals surface area contributed by atoms with Crippen molar-refractivity contribution in [3.8, 4) is 0 Å². The highest BCUT2D eigenvalue weighted by Gasteiger charge is 2.32. The molecule has 2 fully saturated rings. The van der Waals surface area contributed by atoms with Crippen LogP contribution in [0.1, 0.15) is 71.6 Å². The number of hydrogen-bond acceptors (Lipinski definition) is 1. The lowest BCUT2D eigenvalue weighted by molar-refractivity contribution is 0.0154. The molecular formula is C19H34O. The maximum Gasteiger partial charge on any atom is 0.0648 e. The van der Waals surface area contributed by atoms with E-state index in [1.165, 1.54) is 57.8 Å². The largest absolute Gasteiger partial charge is 0.374 e. The van der Waals surface area contributed by atoms with E-state index in [4.69, 9.17) is 4.74 Å². The van der Waals surface area contributed by atoms with Gasteiger partial charge in [0.25, 0.3) is 0 Å². The van der Waals surface area contributed by atoms with Gasteiger partial charge in [-0.2, -0.15) is 0 Å². The molecule has 1 unspecified atom stereocenters. The molecule has 0 aromatic rings. The Morgan fingerprint density at radius 3 is 2.05 bits per heavy atom. The molecule has 0 saturated heterocycles. The van der Waals surface area contributed by atoms with Crippen LogP contribution in [-0.4, -0.2) is 12.7 Å². The second-order valence-corrected chi connectivity index (χ2v) is 7.19. The minimum absolute atomic E-state index is 0.421. The van der Waals surface area contributed by atoms with Crippen LogP contribution in [0.2, 0.25) is 0 Å². The van der Waals surface area contributed by atoms with Crippen LogP contribution in [0.4, 0.5) is 0 Å². The van der Waals surface area contributed by atoms with E-state index in [-0.39, 0.29) is 0 Å². The first-order chi connectivity index (χ1) is 9.74. The van der Waals surface area contributed by atoms with E-state index in [9.17, 15) is 0 Å². The van der Waals surface area contributed by atoms with E-state index >= 15 is 0 Å². The second-order valence-electron chi connectivity index (χ2n) is 7.19. The van der Waals surface area contributed by atoms with Gasteiger partial charge in [-0.15, -0.1) is 6.58 Å². The van der Waals surface area contributed by atoms with E-state index in [2.05, 4.69) is 20.4 Å². The molecule has 0 N–H and O–H groups in total. The first-order valence-corrected chi connectivity index (χ1v) is 8.97. The fraction of sp³-hybridized carbons (Fsp3) is 0.895. The molecule has 2 aliphatic rings. The third-order valence-electron chi connectivity index (χ3n) is 6.09. The fourth-order valence-electron chi connectivity index (χ4n) is 4.51. The van der Waals surface area contributed by atoms with Crippen molar-refractivity contribution < 1.29 is 4.74 Å². The summed E-state index contributed by atoms with van der Waals surface area (Å²) in [5.74, 6) is 3.90. The number of ether oxygens (including phenoxy) is 1. The number of rotatable bonds is 6. The Morgan fingerprint density at radius 2 is 1.55 bits per heavy atom. The Morgan fingerprint density at radius 1 is 1.00 bits per heavy atom. The molecule has 116 valence electrons. The third-order valence-corrected chi connectivity index (χ3v) is 6.09. The Bertz CT molecular complexity index is 269. The smallest absolute Gasteiger partial charge is 0.0648 e. The minimum atomic E-state index is 0.421. The maximum atomic E-state index is 5.82. The molecule has 2 aliphatic carbocycles. The fourth-order valence-corrected chi connectivity index (χ4v) is 4.51. The molecule has 2 rings (SSSR count). The quantitative estimate of drug-likeness (QED) is 0.575. The highest BCUT2D eigenvalue weighted by atomic mass is 16.5. The van der Waals surface area contributed by atoms with Crippen LogP contribution in [0.15, 0.2) is 12.7 Å². The Kier molecular flexibility index (Phi) is 6.61. The van der Waals surface area contributed by atoms with Gasteiger partial charge in [0.05, 0.1) is 12.7 Å². The van der Waals surface area contributed by atoms with Gasteiger partial charge in [0.15, 0.2) is 0 Å². The van der Waals surface area contributed by atoms with E-state index in [1.54, 1.807) is 0 Å². The summed E-state index contributed by atoms with van der Waals surface area (Å²) in [4.78, 5) is 0. The average Bonchev–Trinajstić information content (AvgIpc) is 2.53. The van der Waals surface area contributed by atoms with Crippen LogP contribution in [0, 0.1) is 23.7 Å². The lowest BCUT2D eigenvalue weighted by Gasteiger charge is -2.39. The average molecular weight is 278 g/mol. The summed E-state index contributed by atoms with van der Waals surface area (Å²) < 4.78 is 5.82. The van der Waals surface area contributed by atoms with Gasteiger partial charge >= 0.3 is 0 Å². The molecule has 20 heavy (non-hydrogen) atoms. The van der Waals surface area contributed by atoms with Gasteiger partial charge in [-0.3, -0.25) is 0 Å². The van der Waals surface area contributed by atoms with Gasteiger partial charge < -0.3 is 4.74 Å². The highest BCUT2D eigenvalue weighted by Crippen LogP contribution is 2.42. The van der Waals surface area contributed by atoms with Crippen molar-refractivity contribution in [2.75, 3.05) is 6.61 Å². The molecule has 0 aromatic carbocycles. The van der Waals surface area contributed by atoms with Crippen molar-refractivity contribution in [1.82, 2.24) is 0 Å². The molecule has 0 heterocycles. The minimum Gasteiger partial charge on any atom is -0.374 e. The van der Waals surface area contributed by atoms with Gasteiger partial charge in [-0.1, -0.05) is 32.3 Å². The molecule has 2 saturated carbocycles. The van der Waals surface area contributed by atoms with Gasteiger partial charge in [0, 0.05) is 0 Å². The van der Waals surface area contributed by atoms with Crippen LogP contribution in [-0.2, 0) is 4.74 Å². The summed E-state index contributed by atoms with van der Waals surface area (Å²) in [5.41, 5.74) is 0. The third kappa shape index (κ3) is 4.35. The Labute approximate surface area is 126 Å². The standard InChI is InChI=1S/C19H34O/c1-4-14-20-15(3)17-10-12-19(13-11-17)18-8-6-16(5-2)7-9-18/h4,15-19H,1,5-14H2,2-3H3. The first-order valence-electron chi connectivity index (χ1n) is 8.97. The van der Waals surface area contributed by atoms with Gasteiger partial charge in [0.1, 0.15) is 0 Å². The van der Waals surface area contributed by atoms with Crippen LogP contribution >= 0.6 is 0 Å². The SMILES string of the molecule is C=CCOC(C)C1CCC(C2CCC(CC)CC2)CC1. The Balaban J connectivity index is 1.70. The summed E-state index contributed by atoms with van der Waals surface area (Å²) in [7, 11) is 0. The summed E-state index contributed by atoms with van der Waals surface area (Å²) in [5, 5.41) is 0. The molecular weight excluding hydrogens is 244 g/mol. The summed E-state index contributed by atoms with van der Waals surface area (Å²) in [6.45, 7) is 9.06. The van der Waals surface area contributed by atoms with Gasteiger partial charge in [-0.25, -0.2) is 0 Å². The van der Waals surface area contributed by atoms with Crippen molar-refractivity contribution in [3.63, 3.8) is 0 Å². The molecule has 1 atom stereocenters. The van der Waals surface area contributed by atoms with Crippen LogP contribution in [0.5, 0.6) is 0 Å². The highest BCUT2D eigenvalue weighted by molar-refractivity contribution is 4.83. The topological polar surface area (TPSA) is 9.23 Å². The monoisotopic (exact) mass is 278 g/mol. The van der Waals surface area contributed by atoms with Crippen molar-refractivity contribution in [1.29, 1.82) is 0 Å². The van der Waals surface area contributed by atoms with E-state index < -0.39 is 0 Å². The molecule has 1 heteroatoms. The summed E-state index contributed by atoms with van der Waals surface area (Å²) >= 11 is 0. The normalized spacial score (nSPS) is 36.5. The van der Waals surface area contributed by atoms with Crippen molar-refractivity contribution in [2.24, 2.45) is 23.7 Å². The molecule has 0 spiro atoms. The first kappa shape index (κ1) is 16.1. The molecule has 0 aliphatic heterocycles. The molecule has 0 aromatic heterocycles. The van der Waals surface area contributed by atoms with E-state index in [0.717, 1.165) is 23.7 Å². The van der Waals surface area contributed by atoms with Crippen molar-refractivity contribution in [3.05, 3.63) is 12.7 Å². The lowest BCUT2D eigenvalue weighted by atomic mass is 9.68. The van der Waals surface area contributed by atoms with Crippen molar-refractivity contribution >= 4 is 0 Å². The predicted molar refractivity (Wildman–Crippen MR) is 86.8 cm³/mol.